The fraction of sp³-hybridized carbons (Fsp3) is 0.571. The summed E-state index contributed by atoms with van der Waals surface area (Å²) >= 11 is 3.44. The molecule has 0 spiro atoms. The fourth-order valence-corrected chi connectivity index (χ4v) is 1.61. The summed E-state index contributed by atoms with van der Waals surface area (Å²) in [6.07, 6.45) is 0. The molecule has 0 saturated carbocycles. The van der Waals surface area contributed by atoms with E-state index in [0.29, 0.717) is 11.3 Å². The van der Waals surface area contributed by atoms with Gasteiger partial charge in [0.05, 0.1) is 0 Å². The lowest BCUT2D eigenvalue weighted by molar-refractivity contribution is 0.252. The van der Waals surface area contributed by atoms with Crippen molar-refractivity contribution in [1.82, 2.24) is 5.32 Å². The van der Waals surface area contributed by atoms with Crippen molar-refractivity contribution in [2.45, 2.75) is 34.2 Å². The van der Waals surface area contributed by atoms with Crippen LogP contribution in [0.15, 0.2) is 28.7 Å². The topological polar surface area (TPSA) is 12.0 Å². The summed E-state index contributed by atoms with van der Waals surface area (Å²) in [6.45, 7) is 11.2. The van der Waals surface area contributed by atoms with E-state index in [1.54, 1.807) is 0 Å². The highest BCUT2D eigenvalue weighted by Crippen LogP contribution is 2.24. The first kappa shape index (κ1) is 13.7. The molecule has 0 aliphatic heterocycles. The summed E-state index contributed by atoms with van der Waals surface area (Å²) in [4.78, 5) is 0. The zero-order chi connectivity index (χ0) is 12.2. The predicted octanol–water partition coefficient (Wildman–Crippen LogP) is 4.22. The first-order chi connectivity index (χ1) is 7.39. The molecule has 0 aliphatic rings. The second kappa shape index (κ2) is 5.83. The van der Waals surface area contributed by atoms with E-state index in [-0.39, 0.29) is 0 Å². The Morgan fingerprint density at radius 2 is 1.75 bits per heavy atom. The van der Waals surface area contributed by atoms with Crippen molar-refractivity contribution in [3.8, 4) is 0 Å². The van der Waals surface area contributed by atoms with Gasteiger partial charge in [0.15, 0.2) is 0 Å². The number of benzene rings is 1. The first-order valence-electron chi connectivity index (χ1n) is 5.85. The molecular formula is C14H22BrN. The van der Waals surface area contributed by atoms with Crippen molar-refractivity contribution in [1.29, 1.82) is 0 Å². The number of hydrogen-bond acceptors (Lipinski definition) is 1. The fourth-order valence-electron chi connectivity index (χ4n) is 1.34. The Bertz CT molecular complexity index is 311. The average Bonchev–Trinajstić information content (AvgIpc) is 2.19. The molecule has 0 saturated heterocycles. The van der Waals surface area contributed by atoms with Crippen LogP contribution in [-0.4, -0.2) is 6.54 Å². The lowest BCUT2D eigenvalue weighted by Crippen LogP contribution is -2.29. The van der Waals surface area contributed by atoms with Crippen molar-refractivity contribution >= 4 is 15.9 Å². The standard InChI is InChI=1S/C14H22BrN/c1-11(14(2,3)4)9-16-10-12-5-7-13(15)8-6-12/h5-8,11,16H,9-10H2,1-4H3. The molecule has 0 bridgehead atoms. The molecule has 1 atom stereocenters. The highest BCUT2D eigenvalue weighted by atomic mass is 79.9. The van der Waals surface area contributed by atoms with Gasteiger partial charge in [0, 0.05) is 11.0 Å². The number of rotatable bonds is 4. The van der Waals surface area contributed by atoms with Crippen LogP contribution in [0.2, 0.25) is 0 Å². The van der Waals surface area contributed by atoms with E-state index >= 15 is 0 Å². The van der Waals surface area contributed by atoms with Gasteiger partial charge in [0.1, 0.15) is 0 Å². The van der Waals surface area contributed by atoms with Gasteiger partial charge in [-0.05, 0) is 35.6 Å². The van der Waals surface area contributed by atoms with Crippen molar-refractivity contribution in [3.05, 3.63) is 34.3 Å². The van der Waals surface area contributed by atoms with Gasteiger partial charge in [-0.1, -0.05) is 55.8 Å². The SMILES string of the molecule is CC(CNCc1ccc(Br)cc1)C(C)(C)C. The molecule has 0 fully saturated rings. The Labute approximate surface area is 108 Å². The lowest BCUT2D eigenvalue weighted by Gasteiger charge is -2.27. The molecule has 1 aromatic carbocycles. The predicted molar refractivity (Wildman–Crippen MR) is 74.5 cm³/mol. The minimum Gasteiger partial charge on any atom is -0.312 e. The molecule has 0 aliphatic carbocycles. The largest absolute Gasteiger partial charge is 0.312 e. The molecule has 16 heavy (non-hydrogen) atoms. The summed E-state index contributed by atoms with van der Waals surface area (Å²) in [5.41, 5.74) is 1.72. The maximum absolute atomic E-state index is 3.51. The van der Waals surface area contributed by atoms with E-state index in [0.717, 1.165) is 17.6 Å². The molecule has 1 unspecified atom stereocenters. The van der Waals surface area contributed by atoms with Crippen molar-refractivity contribution in [3.63, 3.8) is 0 Å². The Kier molecular flexibility index (Phi) is 5.00. The van der Waals surface area contributed by atoms with Gasteiger partial charge in [0.2, 0.25) is 0 Å². The van der Waals surface area contributed by atoms with Crippen LogP contribution >= 0.6 is 15.9 Å². The van der Waals surface area contributed by atoms with Crippen LogP contribution in [-0.2, 0) is 6.54 Å². The monoisotopic (exact) mass is 283 g/mol. The number of halogens is 1. The highest BCUT2D eigenvalue weighted by Gasteiger charge is 2.18. The van der Waals surface area contributed by atoms with Crippen LogP contribution in [0.3, 0.4) is 0 Å². The zero-order valence-electron chi connectivity index (χ0n) is 10.7. The Morgan fingerprint density at radius 3 is 2.25 bits per heavy atom. The van der Waals surface area contributed by atoms with Gasteiger partial charge in [-0.2, -0.15) is 0 Å². The third-order valence-corrected chi connectivity index (χ3v) is 3.70. The number of hydrogen-bond donors (Lipinski definition) is 1. The minimum atomic E-state index is 0.382. The van der Waals surface area contributed by atoms with Crippen LogP contribution in [0, 0.1) is 11.3 Å². The van der Waals surface area contributed by atoms with Crippen LogP contribution in [0.1, 0.15) is 33.3 Å². The van der Waals surface area contributed by atoms with E-state index in [1.165, 1.54) is 5.56 Å². The molecule has 0 heterocycles. The lowest BCUT2D eigenvalue weighted by atomic mass is 9.82. The quantitative estimate of drug-likeness (QED) is 0.872. The molecule has 0 amide bonds. The van der Waals surface area contributed by atoms with E-state index in [9.17, 15) is 0 Å². The van der Waals surface area contributed by atoms with Crippen LogP contribution in [0.25, 0.3) is 0 Å². The maximum atomic E-state index is 3.51. The Balaban J connectivity index is 2.33. The van der Waals surface area contributed by atoms with E-state index in [1.807, 2.05) is 0 Å². The van der Waals surface area contributed by atoms with Crippen LogP contribution in [0.4, 0.5) is 0 Å². The average molecular weight is 284 g/mol. The summed E-state index contributed by atoms with van der Waals surface area (Å²) in [7, 11) is 0. The molecule has 0 aromatic heterocycles. The van der Waals surface area contributed by atoms with Crippen LogP contribution in [0.5, 0.6) is 0 Å². The molecule has 2 heteroatoms. The van der Waals surface area contributed by atoms with E-state index < -0.39 is 0 Å². The van der Waals surface area contributed by atoms with E-state index in [4.69, 9.17) is 0 Å². The van der Waals surface area contributed by atoms with Gasteiger partial charge in [-0.15, -0.1) is 0 Å². The van der Waals surface area contributed by atoms with Crippen LogP contribution < -0.4 is 5.32 Å². The Morgan fingerprint density at radius 1 is 1.19 bits per heavy atom. The van der Waals surface area contributed by atoms with Gasteiger partial charge in [-0.3, -0.25) is 0 Å². The third-order valence-electron chi connectivity index (χ3n) is 3.17. The summed E-state index contributed by atoms with van der Waals surface area (Å²) in [6, 6.07) is 8.48. The molecule has 90 valence electrons. The first-order valence-corrected chi connectivity index (χ1v) is 6.64. The molecule has 1 nitrogen and oxygen atoms in total. The van der Waals surface area contributed by atoms with E-state index in [2.05, 4.69) is 73.2 Å². The maximum Gasteiger partial charge on any atom is 0.0205 e. The zero-order valence-corrected chi connectivity index (χ0v) is 12.3. The number of nitrogens with one attached hydrogen (secondary N) is 1. The van der Waals surface area contributed by atoms with Crippen molar-refractivity contribution in [2.75, 3.05) is 6.54 Å². The molecular weight excluding hydrogens is 262 g/mol. The second-order valence-corrected chi connectivity index (χ2v) is 6.44. The summed E-state index contributed by atoms with van der Waals surface area (Å²) in [5.74, 6) is 0.683. The Hall–Kier alpha value is -0.340. The summed E-state index contributed by atoms with van der Waals surface area (Å²) in [5, 5.41) is 3.51. The van der Waals surface area contributed by atoms with Crippen molar-refractivity contribution < 1.29 is 0 Å². The molecule has 1 aromatic rings. The highest BCUT2D eigenvalue weighted by molar-refractivity contribution is 9.10. The summed E-state index contributed by atoms with van der Waals surface area (Å²) < 4.78 is 1.14. The van der Waals surface area contributed by atoms with Gasteiger partial charge >= 0.3 is 0 Å². The van der Waals surface area contributed by atoms with Gasteiger partial charge in [-0.25, -0.2) is 0 Å². The molecule has 1 N–H and O–H groups in total. The molecule has 0 radical (unpaired) electrons. The molecule has 1 rings (SSSR count). The second-order valence-electron chi connectivity index (χ2n) is 5.52. The van der Waals surface area contributed by atoms with Crippen molar-refractivity contribution in [2.24, 2.45) is 11.3 Å². The third kappa shape index (κ3) is 4.67. The smallest absolute Gasteiger partial charge is 0.0205 e. The minimum absolute atomic E-state index is 0.382. The van der Waals surface area contributed by atoms with Gasteiger partial charge in [0.25, 0.3) is 0 Å². The normalized spacial score (nSPS) is 13.8. The van der Waals surface area contributed by atoms with Gasteiger partial charge < -0.3 is 5.32 Å².